The lowest BCUT2D eigenvalue weighted by Gasteiger charge is -2.13. The quantitative estimate of drug-likeness (QED) is 0.745. The molecule has 1 aliphatic heterocycles. The van der Waals surface area contributed by atoms with Crippen molar-refractivity contribution in [2.45, 2.75) is 19.3 Å². The number of carbonyl (C=O) groups excluding carboxylic acids is 2. The molecule has 2 aliphatic rings. The Hall–Kier alpha value is -1.88. The maximum atomic E-state index is 12.0. The van der Waals surface area contributed by atoms with Crippen LogP contribution in [-0.4, -0.2) is 30.1 Å². The highest BCUT2D eigenvalue weighted by atomic mass is 16.3. The third-order valence-electron chi connectivity index (χ3n) is 3.91. The van der Waals surface area contributed by atoms with E-state index in [1.54, 1.807) is 18.2 Å². The number of aliphatic hydroxyl groups excluding tert-OH is 1. The van der Waals surface area contributed by atoms with Crippen LogP contribution in [0, 0.1) is 5.41 Å². The summed E-state index contributed by atoms with van der Waals surface area (Å²) in [4.78, 5) is 23.3. The summed E-state index contributed by atoms with van der Waals surface area (Å²) in [7, 11) is 0. The third kappa shape index (κ3) is 2.33. The molecule has 0 atom stereocenters. The van der Waals surface area contributed by atoms with E-state index in [0.29, 0.717) is 18.5 Å². The molecular formula is C14H16N2O3. The van der Waals surface area contributed by atoms with E-state index in [1.165, 1.54) is 0 Å². The zero-order valence-electron chi connectivity index (χ0n) is 10.5. The Bertz CT molecular complexity index is 550. The maximum absolute atomic E-state index is 12.0. The Labute approximate surface area is 111 Å². The highest BCUT2D eigenvalue weighted by molar-refractivity contribution is 6.01. The van der Waals surface area contributed by atoms with Crippen LogP contribution in [0.2, 0.25) is 0 Å². The van der Waals surface area contributed by atoms with Gasteiger partial charge in [-0.2, -0.15) is 0 Å². The largest absolute Gasteiger partial charge is 0.396 e. The second-order valence-electron chi connectivity index (χ2n) is 5.44. The van der Waals surface area contributed by atoms with Crippen LogP contribution in [0.25, 0.3) is 0 Å². The molecule has 0 bridgehead atoms. The average Bonchev–Trinajstić information content (AvgIpc) is 3.10. The average molecular weight is 260 g/mol. The Balaban J connectivity index is 1.67. The zero-order chi connectivity index (χ0) is 13.5. The van der Waals surface area contributed by atoms with Crippen molar-refractivity contribution < 1.29 is 14.7 Å². The Kier molecular flexibility index (Phi) is 2.78. The van der Waals surface area contributed by atoms with Crippen LogP contribution in [0.15, 0.2) is 18.2 Å². The number of hydrogen-bond donors (Lipinski definition) is 3. The van der Waals surface area contributed by atoms with Gasteiger partial charge >= 0.3 is 0 Å². The van der Waals surface area contributed by atoms with E-state index in [4.69, 9.17) is 0 Å². The molecule has 0 spiro atoms. The van der Waals surface area contributed by atoms with Gasteiger partial charge in [-0.25, -0.2) is 0 Å². The van der Waals surface area contributed by atoms with Crippen LogP contribution in [0.1, 0.15) is 28.8 Å². The lowest BCUT2D eigenvalue weighted by molar-refractivity contribution is -0.115. The summed E-state index contributed by atoms with van der Waals surface area (Å²) < 4.78 is 0. The number of fused-ring (bicyclic) bond motifs is 1. The van der Waals surface area contributed by atoms with Crippen LogP contribution < -0.4 is 10.6 Å². The first-order chi connectivity index (χ1) is 9.12. The second-order valence-corrected chi connectivity index (χ2v) is 5.44. The van der Waals surface area contributed by atoms with Crippen molar-refractivity contribution in [3.63, 3.8) is 0 Å². The summed E-state index contributed by atoms with van der Waals surface area (Å²) >= 11 is 0. The van der Waals surface area contributed by atoms with Gasteiger partial charge in [-0.15, -0.1) is 0 Å². The van der Waals surface area contributed by atoms with Crippen LogP contribution >= 0.6 is 0 Å². The van der Waals surface area contributed by atoms with Crippen molar-refractivity contribution in [3.8, 4) is 0 Å². The van der Waals surface area contributed by atoms with Gasteiger partial charge in [0, 0.05) is 23.2 Å². The van der Waals surface area contributed by atoms with Gasteiger partial charge in [-0.1, -0.05) is 0 Å². The molecule has 1 fully saturated rings. The molecular weight excluding hydrogens is 244 g/mol. The predicted molar refractivity (Wildman–Crippen MR) is 69.9 cm³/mol. The number of amides is 2. The van der Waals surface area contributed by atoms with Gasteiger partial charge in [0.25, 0.3) is 5.91 Å². The number of benzene rings is 1. The molecule has 5 nitrogen and oxygen atoms in total. The molecule has 0 aromatic heterocycles. The first kappa shape index (κ1) is 12.2. The number of carbonyl (C=O) groups is 2. The van der Waals surface area contributed by atoms with Gasteiger partial charge in [0.15, 0.2) is 0 Å². The third-order valence-corrected chi connectivity index (χ3v) is 3.91. The maximum Gasteiger partial charge on any atom is 0.251 e. The van der Waals surface area contributed by atoms with Gasteiger partial charge in [0.05, 0.1) is 13.0 Å². The number of nitrogens with one attached hydrogen (secondary N) is 2. The molecule has 0 radical (unpaired) electrons. The summed E-state index contributed by atoms with van der Waals surface area (Å²) in [5, 5.41) is 14.8. The Morgan fingerprint density at radius 2 is 2.21 bits per heavy atom. The van der Waals surface area contributed by atoms with E-state index in [9.17, 15) is 14.7 Å². The predicted octanol–water partition coefficient (Wildman–Crippen LogP) is 0.683. The molecule has 1 aliphatic carbocycles. The highest BCUT2D eigenvalue weighted by Gasteiger charge is 2.42. The normalized spacial score (nSPS) is 18.7. The summed E-state index contributed by atoms with van der Waals surface area (Å²) in [6, 6.07) is 5.22. The molecule has 5 heteroatoms. The van der Waals surface area contributed by atoms with E-state index in [1.807, 2.05) is 0 Å². The van der Waals surface area contributed by atoms with Crippen LogP contribution in [0.5, 0.6) is 0 Å². The Morgan fingerprint density at radius 1 is 1.42 bits per heavy atom. The first-order valence-electron chi connectivity index (χ1n) is 6.44. The molecule has 100 valence electrons. The fourth-order valence-corrected chi connectivity index (χ4v) is 2.31. The van der Waals surface area contributed by atoms with Gasteiger partial charge in [0.2, 0.25) is 5.91 Å². The molecule has 0 unspecified atom stereocenters. The SMILES string of the molecule is O=C1Cc2cc(C(=O)NCC3(CO)CC3)ccc2N1. The molecule has 19 heavy (non-hydrogen) atoms. The van der Waals surface area contributed by atoms with Crippen molar-refractivity contribution in [2.75, 3.05) is 18.5 Å². The van der Waals surface area contributed by atoms with E-state index < -0.39 is 0 Å². The fraction of sp³-hybridized carbons (Fsp3) is 0.429. The first-order valence-corrected chi connectivity index (χ1v) is 6.44. The van der Waals surface area contributed by atoms with Crippen molar-refractivity contribution in [1.29, 1.82) is 0 Å². The number of rotatable bonds is 4. The number of aliphatic hydroxyl groups is 1. The number of hydrogen-bond acceptors (Lipinski definition) is 3. The van der Waals surface area contributed by atoms with Crippen molar-refractivity contribution in [1.82, 2.24) is 5.32 Å². The number of anilines is 1. The van der Waals surface area contributed by atoms with Gasteiger partial charge in [-0.05, 0) is 36.6 Å². The summed E-state index contributed by atoms with van der Waals surface area (Å²) in [5.41, 5.74) is 2.12. The minimum absolute atomic E-state index is 0.0372. The molecule has 1 saturated carbocycles. The minimum Gasteiger partial charge on any atom is -0.396 e. The van der Waals surface area contributed by atoms with Crippen molar-refractivity contribution in [3.05, 3.63) is 29.3 Å². The van der Waals surface area contributed by atoms with E-state index >= 15 is 0 Å². The standard InChI is InChI=1S/C14H16N2O3/c17-8-14(3-4-14)7-15-13(19)9-1-2-11-10(5-9)6-12(18)16-11/h1-2,5,17H,3-4,6-8H2,(H,15,19)(H,16,18). The minimum atomic E-state index is -0.151. The lowest BCUT2D eigenvalue weighted by Crippen LogP contribution is -2.31. The van der Waals surface area contributed by atoms with Gasteiger partial charge in [0.1, 0.15) is 0 Å². The zero-order valence-corrected chi connectivity index (χ0v) is 10.5. The van der Waals surface area contributed by atoms with E-state index in [-0.39, 0.29) is 23.8 Å². The van der Waals surface area contributed by atoms with Crippen molar-refractivity contribution in [2.24, 2.45) is 5.41 Å². The monoisotopic (exact) mass is 260 g/mol. The molecule has 3 N–H and O–H groups in total. The summed E-state index contributed by atoms with van der Waals surface area (Å²) in [5.74, 6) is -0.188. The molecule has 0 saturated heterocycles. The van der Waals surface area contributed by atoms with Crippen LogP contribution in [0.3, 0.4) is 0 Å². The van der Waals surface area contributed by atoms with E-state index in [0.717, 1.165) is 24.1 Å². The highest BCUT2D eigenvalue weighted by Crippen LogP contribution is 2.44. The lowest BCUT2D eigenvalue weighted by atomic mass is 10.1. The summed E-state index contributed by atoms with van der Waals surface area (Å²) in [6.07, 6.45) is 2.26. The van der Waals surface area contributed by atoms with Crippen LogP contribution in [-0.2, 0) is 11.2 Å². The van der Waals surface area contributed by atoms with Gasteiger partial charge in [-0.3, -0.25) is 9.59 Å². The fourth-order valence-electron chi connectivity index (χ4n) is 2.31. The molecule has 2 amide bonds. The second kappa shape index (κ2) is 4.35. The van der Waals surface area contributed by atoms with Crippen molar-refractivity contribution >= 4 is 17.5 Å². The van der Waals surface area contributed by atoms with Gasteiger partial charge < -0.3 is 15.7 Å². The summed E-state index contributed by atoms with van der Waals surface area (Å²) in [6.45, 7) is 0.631. The Morgan fingerprint density at radius 3 is 2.89 bits per heavy atom. The molecule has 1 aromatic carbocycles. The molecule has 1 aromatic rings. The topological polar surface area (TPSA) is 78.4 Å². The molecule has 3 rings (SSSR count). The smallest absolute Gasteiger partial charge is 0.251 e. The van der Waals surface area contributed by atoms with E-state index in [2.05, 4.69) is 10.6 Å². The van der Waals surface area contributed by atoms with Crippen LogP contribution in [0.4, 0.5) is 5.69 Å². The molecule has 1 heterocycles.